The lowest BCUT2D eigenvalue weighted by Gasteiger charge is -2.10. The Morgan fingerprint density at radius 3 is 2.00 bits per heavy atom. The summed E-state index contributed by atoms with van der Waals surface area (Å²) >= 11 is 2.11. The zero-order valence-corrected chi connectivity index (χ0v) is 9.99. The molecule has 1 amide bonds. The molecule has 0 aromatic heterocycles. The second-order valence-electron chi connectivity index (χ2n) is 2.55. The molecule has 0 spiro atoms. The SMILES string of the molecule is COc1cc(I)cc(OC)c1C(N)=O. The Bertz CT molecular complexity index is 340. The molecule has 0 saturated heterocycles. The van der Waals surface area contributed by atoms with Gasteiger partial charge in [0.05, 0.1) is 14.2 Å². The fourth-order valence-electron chi connectivity index (χ4n) is 1.12. The molecule has 4 nitrogen and oxygen atoms in total. The van der Waals surface area contributed by atoms with Crippen LogP contribution in [0, 0.1) is 3.57 Å². The molecule has 0 bridgehead atoms. The molecule has 14 heavy (non-hydrogen) atoms. The van der Waals surface area contributed by atoms with Crippen molar-refractivity contribution in [2.45, 2.75) is 0 Å². The number of amides is 1. The number of primary amides is 1. The van der Waals surface area contributed by atoms with Gasteiger partial charge in [0.2, 0.25) is 0 Å². The number of rotatable bonds is 3. The van der Waals surface area contributed by atoms with E-state index in [9.17, 15) is 4.79 Å². The monoisotopic (exact) mass is 307 g/mol. The summed E-state index contributed by atoms with van der Waals surface area (Å²) in [5.74, 6) is 0.303. The standard InChI is InChI=1S/C9H10INO3/c1-13-6-3-5(10)4-7(14-2)8(6)9(11)12/h3-4H,1-2H3,(H2,11,12). The maximum atomic E-state index is 11.1. The normalized spacial score (nSPS) is 9.64. The van der Waals surface area contributed by atoms with Crippen molar-refractivity contribution in [2.24, 2.45) is 5.73 Å². The molecular weight excluding hydrogens is 297 g/mol. The number of halogens is 1. The van der Waals surface area contributed by atoms with E-state index in [2.05, 4.69) is 22.6 Å². The van der Waals surface area contributed by atoms with E-state index >= 15 is 0 Å². The molecule has 0 atom stereocenters. The molecule has 76 valence electrons. The van der Waals surface area contributed by atoms with Crippen LogP contribution in [-0.4, -0.2) is 20.1 Å². The number of ether oxygens (including phenoxy) is 2. The zero-order valence-electron chi connectivity index (χ0n) is 7.83. The Morgan fingerprint density at radius 1 is 1.29 bits per heavy atom. The van der Waals surface area contributed by atoms with Crippen molar-refractivity contribution in [3.8, 4) is 11.5 Å². The highest BCUT2D eigenvalue weighted by atomic mass is 127. The van der Waals surface area contributed by atoms with Crippen LogP contribution in [0.2, 0.25) is 0 Å². The highest BCUT2D eigenvalue weighted by Gasteiger charge is 2.16. The van der Waals surface area contributed by atoms with E-state index in [4.69, 9.17) is 15.2 Å². The van der Waals surface area contributed by atoms with E-state index in [1.807, 2.05) is 0 Å². The number of methoxy groups -OCH3 is 2. The molecule has 0 fully saturated rings. The second-order valence-corrected chi connectivity index (χ2v) is 3.80. The van der Waals surface area contributed by atoms with Gasteiger partial charge in [0.25, 0.3) is 5.91 Å². The third kappa shape index (κ3) is 2.09. The summed E-state index contributed by atoms with van der Waals surface area (Å²) in [4.78, 5) is 11.1. The quantitative estimate of drug-likeness (QED) is 0.859. The largest absolute Gasteiger partial charge is 0.496 e. The van der Waals surface area contributed by atoms with Gasteiger partial charge in [0.1, 0.15) is 17.1 Å². The fraction of sp³-hybridized carbons (Fsp3) is 0.222. The van der Waals surface area contributed by atoms with Crippen molar-refractivity contribution in [2.75, 3.05) is 14.2 Å². The number of hydrogen-bond donors (Lipinski definition) is 1. The fourth-order valence-corrected chi connectivity index (χ4v) is 1.69. The smallest absolute Gasteiger partial charge is 0.256 e. The van der Waals surface area contributed by atoms with Crippen molar-refractivity contribution < 1.29 is 14.3 Å². The molecule has 0 aliphatic carbocycles. The minimum absolute atomic E-state index is 0.274. The molecule has 5 heteroatoms. The predicted molar refractivity (Wildman–Crippen MR) is 60.8 cm³/mol. The maximum absolute atomic E-state index is 11.1. The van der Waals surface area contributed by atoms with E-state index in [-0.39, 0.29) is 5.56 Å². The maximum Gasteiger partial charge on any atom is 0.256 e. The third-order valence-electron chi connectivity index (χ3n) is 1.72. The van der Waals surface area contributed by atoms with Gasteiger partial charge in [-0.1, -0.05) is 0 Å². The summed E-state index contributed by atoms with van der Waals surface area (Å²) in [7, 11) is 2.97. The van der Waals surface area contributed by atoms with Crippen molar-refractivity contribution in [1.29, 1.82) is 0 Å². The number of carbonyl (C=O) groups is 1. The highest BCUT2D eigenvalue weighted by Crippen LogP contribution is 2.30. The molecule has 0 saturated carbocycles. The van der Waals surface area contributed by atoms with Gasteiger partial charge in [-0.3, -0.25) is 4.79 Å². The van der Waals surface area contributed by atoms with Crippen LogP contribution >= 0.6 is 22.6 Å². The summed E-state index contributed by atoms with van der Waals surface area (Å²) in [6, 6.07) is 3.45. The zero-order chi connectivity index (χ0) is 10.7. The minimum Gasteiger partial charge on any atom is -0.496 e. The number of carbonyl (C=O) groups excluding carboxylic acids is 1. The van der Waals surface area contributed by atoms with Crippen LogP contribution in [0.5, 0.6) is 11.5 Å². The van der Waals surface area contributed by atoms with E-state index < -0.39 is 5.91 Å². The number of hydrogen-bond acceptors (Lipinski definition) is 3. The molecular formula is C9H10INO3. The van der Waals surface area contributed by atoms with Crippen LogP contribution in [0.25, 0.3) is 0 Å². The molecule has 2 N–H and O–H groups in total. The van der Waals surface area contributed by atoms with Gasteiger partial charge < -0.3 is 15.2 Å². The molecule has 0 unspecified atom stereocenters. The third-order valence-corrected chi connectivity index (χ3v) is 2.34. The molecule has 1 aromatic carbocycles. The Hall–Kier alpha value is -0.980. The van der Waals surface area contributed by atoms with Crippen LogP contribution in [0.15, 0.2) is 12.1 Å². The summed E-state index contributed by atoms with van der Waals surface area (Å²) in [5.41, 5.74) is 5.49. The first-order valence-corrected chi connectivity index (χ1v) is 4.89. The highest BCUT2D eigenvalue weighted by molar-refractivity contribution is 14.1. The minimum atomic E-state index is -0.560. The van der Waals surface area contributed by atoms with Gasteiger partial charge >= 0.3 is 0 Å². The van der Waals surface area contributed by atoms with Gasteiger partial charge in [0.15, 0.2) is 0 Å². The van der Waals surface area contributed by atoms with Crippen molar-refractivity contribution in [3.63, 3.8) is 0 Å². The van der Waals surface area contributed by atoms with Crippen molar-refractivity contribution >= 4 is 28.5 Å². The van der Waals surface area contributed by atoms with E-state index in [0.29, 0.717) is 11.5 Å². The van der Waals surface area contributed by atoms with Crippen LogP contribution in [0.3, 0.4) is 0 Å². The lowest BCUT2D eigenvalue weighted by atomic mass is 10.1. The first kappa shape index (κ1) is 11.1. The van der Waals surface area contributed by atoms with Gasteiger partial charge in [-0.25, -0.2) is 0 Å². The Kier molecular flexibility index (Phi) is 3.56. The molecule has 0 aliphatic heterocycles. The van der Waals surface area contributed by atoms with Crippen LogP contribution in [-0.2, 0) is 0 Å². The number of benzene rings is 1. The second kappa shape index (κ2) is 4.50. The Balaban J connectivity index is 3.40. The molecule has 1 rings (SSSR count). The van der Waals surface area contributed by atoms with Gasteiger partial charge in [0, 0.05) is 3.57 Å². The summed E-state index contributed by atoms with van der Waals surface area (Å²) < 4.78 is 11.0. The molecule has 0 radical (unpaired) electrons. The van der Waals surface area contributed by atoms with Crippen molar-refractivity contribution in [3.05, 3.63) is 21.3 Å². The summed E-state index contributed by atoms with van der Waals surface area (Å²) in [5, 5.41) is 0. The molecule has 1 aromatic rings. The van der Waals surface area contributed by atoms with Crippen LogP contribution in [0.4, 0.5) is 0 Å². The van der Waals surface area contributed by atoms with Crippen molar-refractivity contribution in [1.82, 2.24) is 0 Å². The number of nitrogens with two attached hydrogens (primary N) is 1. The predicted octanol–water partition coefficient (Wildman–Crippen LogP) is 1.41. The van der Waals surface area contributed by atoms with Crippen LogP contribution < -0.4 is 15.2 Å². The molecule has 0 heterocycles. The topological polar surface area (TPSA) is 61.6 Å². The van der Waals surface area contributed by atoms with Crippen LogP contribution in [0.1, 0.15) is 10.4 Å². The lowest BCUT2D eigenvalue weighted by molar-refractivity contribution is 0.0994. The average Bonchev–Trinajstić information content (AvgIpc) is 2.15. The summed E-state index contributed by atoms with van der Waals surface area (Å²) in [6.45, 7) is 0. The van der Waals surface area contributed by atoms with Gasteiger partial charge in [-0.05, 0) is 34.7 Å². The summed E-state index contributed by atoms with van der Waals surface area (Å²) in [6.07, 6.45) is 0. The average molecular weight is 307 g/mol. The molecule has 0 aliphatic rings. The van der Waals surface area contributed by atoms with E-state index in [1.165, 1.54) is 14.2 Å². The van der Waals surface area contributed by atoms with Gasteiger partial charge in [-0.2, -0.15) is 0 Å². The first-order chi connectivity index (χ1) is 6.60. The lowest BCUT2D eigenvalue weighted by Crippen LogP contribution is -2.14. The van der Waals surface area contributed by atoms with E-state index in [1.54, 1.807) is 12.1 Å². The first-order valence-electron chi connectivity index (χ1n) is 3.81. The van der Waals surface area contributed by atoms with Gasteiger partial charge in [-0.15, -0.1) is 0 Å². The van der Waals surface area contributed by atoms with E-state index in [0.717, 1.165) is 3.57 Å². The Labute approximate surface area is 95.5 Å². The Morgan fingerprint density at radius 2 is 1.71 bits per heavy atom.